The predicted molar refractivity (Wildman–Crippen MR) is 541 cm³/mol. The lowest BCUT2D eigenvalue weighted by Gasteiger charge is -2.32. The third-order valence-electron chi connectivity index (χ3n) is 22.4. The molecule has 668 valence electrons. The highest BCUT2D eigenvalue weighted by Crippen LogP contribution is 2.64. The maximum Gasteiger partial charge on any atom is 0.494 e. The first kappa shape index (κ1) is 105. The Morgan fingerprint density at radius 1 is 0.344 bits per heavy atom. The van der Waals surface area contributed by atoms with E-state index in [9.17, 15) is 25.3 Å². The Balaban J connectivity index is 0.000000213. The largest absolute Gasteiger partial charge is 0.749 e. The number of alkyl halides is 2. The Kier molecular flexibility index (Phi) is 34.2. The third-order valence-corrected chi connectivity index (χ3v) is 29.8. The number of fused-ring (bicyclic) bond motifs is 12. The van der Waals surface area contributed by atoms with Gasteiger partial charge in [-0.1, -0.05) is 363 Å². The van der Waals surface area contributed by atoms with Crippen molar-refractivity contribution in [1.82, 2.24) is 0 Å². The first-order valence-electron chi connectivity index (χ1n) is 40.8. The van der Waals surface area contributed by atoms with Crippen molar-refractivity contribution in [2.75, 3.05) is 5.34 Å². The second-order valence-corrected chi connectivity index (χ2v) is 49.4. The summed E-state index contributed by atoms with van der Waals surface area (Å²) in [5.41, 5.74) is 16.3. The van der Waals surface area contributed by atoms with Crippen LogP contribution < -0.4 is 5.46 Å². The van der Waals surface area contributed by atoms with E-state index < -0.39 is 40.9 Å². The number of hydrogen-bond acceptors (Lipinski definition) is 11. The molecule has 1 saturated heterocycles. The maximum absolute atomic E-state index is 14.6. The van der Waals surface area contributed by atoms with E-state index in [0.29, 0.717) is 0 Å². The molecule has 0 aliphatic carbocycles. The SMILES string of the molecule is BrBr.Brc1cc(Br)cc(Br)c1.CC(C)(C)c1ccc(-c2cc(-c3ccc(C(C)(C)C)cc3)cc(-c3ccc(C(C)(C)C)cc3)c2)cc1.CC(C)(C)c1ccc(B2OC(C)(C)C(C)(C)O2)cc1.CC(C)(C)c1ccc2c(c1)S(=O)(=O)c1c-2c2c(c3c1-c1ccc(C(C)(C)C)cc1S3(=O)=O)-c1ccc(C(C)(C)C)cc1S2(=O)=O.ClCCl.O=S([O-])OCl.c1ccccc1. The summed E-state index contributed by atoms with van der Waals surface area (Å²) in [6.07, 6.45) is 0. The van der Waals surface area contributed by atoms with E-state index in [1.54, 1.807) is 36.4 Å². The van der Waals surface area contributed by atoms with Gasteiger partial charge in [0.25, 0.3) is 0 Å². The summed E-state index contributed by atoms with van der Waals surface area (Å²) in [4.78, 5) is -0.723. The molecular formula is C101H114BBr5Cl3O11S4-. The predicted octanol–water partition coefficient (Wildman–Crippen LogP) is 30.6. The van der Waals surface area contributed by atoms with Crippen molar-refractivity contribution in [1.29, 1.82) is 0 Å². The fourth-order valence-electron chi connectivity index (χ4n) is 14.4. The Bertz CT molecular complexity index is 5500. The summed E-state index contributed by atoms with van der Waals surface area (Å²) < 4.78 is 124. The minimum atomic E-state index is -4.32. The Morgan fingerprint density at radius 2 is 0.536 bits per heavy atom. The van der Waals surface area contributed by atoms with E-state index in [2.05, 4.69) is 318 Å². The molecule has 1 unspecified atom stereocenters. The lowest BCUT2D eigenvalue weighted by Crippen LogP contribution is -2.41. The monoisotopic (exact) mass is 2140 g/mol. The van der Waals surface area contributed by atoms with Crippen LogP contribution in [0.4, 0.5) is 0 Å². The summed E-state index contributed by atoms with van der Waals surface area (Å²) in [6.45, 7) is 53.2. The molecule has 0 bridgehead atoms. The number of sulfone groups is 3. The summed E-state index contributed by atoms with van der Waals surface area (Å²) in [5.74, 6) is 0. The van der Waals surface area contributed by atoms with Gasteiger partial charge in [-0.15, -0.1) is 23.2 Å². The summed E-state index contributed by atoms with van der Waals surface area (Å²) in [6, 6.07) is 76.2. The van der Waals surface area contributed by atoms with Crippen molar-refractivity contribution in [2.24, 2.45) is 0 Å². The number of benzene rings is 11. The van der Waals surface area contributed by atoms with Gasteiger partial charge in [0.15, 0.2) is 0 Å². The molecular weight excluding hydrogens is 2030 g/mol. The molecule has 11 aromatic carbocycles. The van der Waals surface area contributed by atoms with Gasteiger partial charge in [0.05, 0.1) is 57.8 Å². The zero-order chi connectivity index (χ0) is 93.9. The van der Waals surface area contributed by atoms with Gasteiger partial charge in [0.1, 0.15) is 11.4 Å². The zero-order valence-corrected chi connectivity index (χ0v) is 89.3. The fourth-order valence-corrected chi connectivity index (χ4v) is 22.8. The van der Waals surface area contributed by atoms with Crippen LogP contribution in [0.5, 0.6) is 0 Å². The topological polar surface area (TPSA) is 170 Å². The minimum Gasteiger partial charge on any atom is -0.749 e. The average molecular weight is 2150 g/mol. The standard InChI is InChI=1S/C36H36O6S3.C36H42.C16H25BO2.C6H3Br3.C6H6.CH2Cl2.Br2.ClHO3S/c1-34(2,3)19-10-13-22-25(16-19)43(37,38)31-28(22)32-30(24-15-12-21(36(7,8)9)18-27(24)44(32,39)40)33-29(31)23-14-11-20(35(4,5)6)17-26(23)45(33,41)42;1-34(2,3)31-16-10-25(11-17-31)28-22-29(26-12-18-32(19-13-26)35(4,5)6)24-30(23-28)27-14-20-33(21-15-27)36(7,8)9;1-14(2,3)12-8-10-13(11-9-12)17-18-15(4,5)16(6,7)19-17;7-4-1-5(8)3-6(9)2-4;1-2-4-6-5-3-1;2-1-3;1-2;1-4-5(2)3/h10-18H,1-9H3;10-24H,1-9H3;8-11H,1-7H3;1-3H;1-6H;1H2;;(H,2,3)/p-1. The van der Waals surface area contributed by atoms with E-state index in [1.165, 1.54) is 55.6 Å². The van der Waals surface area contributed by atoms with Crippen molar-refractivity contribution >= 4 is 165 Å². The summed E-state index contributed by atoms with van der Waals surface area (Å²) in [5, 5.41) is 0.194. The van der Waals surface area contributed by atoms with Gasteiger partial charge >= 0.3 is 7.12 Å². The highest BCUT2D eigenvalue weighted by atomic mass is 80.9. The second kappa shape index (κ2) is 40.8. The molecule has 11 nitrogen and oxygen atoms in total. The fraction of sp³-hybridized carbons (Fsp3) is 0.347. The van der Waals surface area contributed by atoms with E-state index in [4.69, 9.17) is 41.3 Å². The molecule has 11 aromatic rings. The maximum atomic E-state index is 14.6. The molecule has 4 aliphatic rings. The summed E-state index contributed by atoms with van der Waals surface area (Å²) in [7, 11) is -13.2. The molecule has 4 aliphatic heterocycles. The van der Waals surface area contributed by atoms with Crippen molar-refractivity contribution < 1.29 is 47.1 Å². The van der Waals surface area contributed by atoms with Crippen LogP contribution in [0.3, 0.4) is 0 Å². The normalized spacial score (nSPS) is 15.3. The van der Waals surface area contributed by atoms with Crippen LogP contribution in [-0.2, 0) is 91.8 Å². The van der Waals surface area contributed by atoms with E-state index in [1.807, 2.05) is 135 Å². The van der Waals surface area contributed by atoms with Crippen LogP contribution >= 0.6 is 111 Å². The average Bonchev–Trinajstić information content (AvgIpc) is 1.49. The molecule has 0 saturated carbocycles. The highest BCUT2D eigenvalue weighted by Gasteiger charge is 2.54. The molecule has 125 heavy (non-hydrogen) atoms. The summed E-state index contributed by atoms with van der Waals surface area (Å²) >= 11 is 26.8. The third kappa shape index (κ3) is 24.9. The first-order valence-corrected chi connectivity index (χ1v) is 53.7. The van der Waals surface area contributed by atoms with Crippen molar-refractivity contribution in [2.45, 2.75) is 252 Å². The quantitative estimate of drug-likeness (QED) is 0.0912. The lowest BCUT2D eigenvalue weighted by atomic mass is 9.77. The van der Waals surface area contributed by atoms with Crippen LogP contribution in [0.1, 0.15) is 212 Å². The second-order valence-electron chi connectivity index (χ2n) is 39.4. The van der Waals surface area contributed by atoms with Gasteiger partial charge in [-0.05, 0) is 198 Å². The Morgan fingerprint density at radius 3 is 0.728 bits per heavy atom. The van der Waals surface area contributed by atoms with E-state index in [-0.39, 0.29) is 124 Å². The van der Waals surface area contributed by atoms with Crippen molar-refractivity contribution in [3.05, 3.63) is 277 Å². The van der Waals surface area contributed by atoms with Gasteiger partial charge in [-0.3, -0.25) is 0 Å². The van der Waals surface area contributed by atoms with Gasteiger partial charge in [0, 0.05) is 75.1 Å². The van der Waals surface area contributed by atoms with Gasteiger partial charge in [0.2, 0.25) is 29.5 Å². The number of halogens is 8. The van der Waals surface area contributed by atoms with Crippen molar-refractivity contribution in [3.8, 4) is 66.8 Å². The van der Waals surface area contributed by atoms with Crippen LogP contribution in [-0.4, -0.2) is 57.7 Å². The molecule has 15 rings (SSSR count). The first-order chi connectivity index (χ1) is 57.6. The molecule has 1 atom stereocenters. The van der Waals surface area contributed by atoms with Crippen LogP contribution in [0, 0.1) is 0 Å². The molecule has 0 amide bonds. The highest BCUT2D eigenvalue weighted by molar-refractivity contribution is 9.93. The molecule has 0 spiro atoms. The molecule has 1 fully saturated rings. The number of hydrogen-bond donors (Lipinski definition) is 0. The lowest BCUT2D eigenvalue weighted by molar-refractivity contribution is 0.00578. The van der Waals surface area contributed by atoms with Gasteiger partial charge in [-0.2, -0.15) is 3.74 Å². The Labute approximate surface area is 803 Å². The van der Waals surface area contributed by atoms with Gasteiger partial charge in [-0.25, -0.2) is 29.5 Å². The van der Waals surface area contributed by atoms with Crippen LogP contribution in [0.15, 0.2) is 267 Å². The van der Waals surface area contributed by atoms with Gasteiger partial charge < -0.3 is 13.9 Å². The smallest absolute Gasteiger partial charge is 0.494 e. The Hall–Kier alpha value is -5.41. The molecule has 4 heterocycles. The molecule has 0 radical (unpaired) electrons. The molecule has 24 heteroatoms. The van der Waals surface area contributed by atoms with E-state index in [0.717, 1.165) is 35.6 Å². The minimum absolute atomic E-state index is 0.000721. The van der Waals surface area contributed by atoms with Crippen LogP contribution in [0.25, 0.3) is 66.8 Å². The van der Waals surface area contributed by atoms with Crippen LogP contribution in [0.2, 0.25) is 0 Å². The van der Waals surface area contributed by atoms with E-state index >= 15 is 0 Å². The molecule has 0 aromatic heterocycles. The zero-order valence-electron chi connectivity index (χ0n) is 75.8. The molecule has 0 N–H and O–H groups in total. The number of rotatable bonds is 5. The van der Waals surface area contributed by atoms with Crippen molar-refractivity contribution in [3.63, 3.8) is 0 Å².